The Morgan fingerprint density at radius 3 is 2.86 bits per heavy atom. The Kier molecular flexibility index (Phi) is 5.42. The lowest BCUT2D eigenvalue weighted by Crippen LogP contribution is -2.47. The Morgan fingerprint density at radius 2 is 2.23 bits per heavy atom. The molecule has 5 nitrogen and oxygen atoms in total. The quantitative estimate of drug-likeness (QED) is 0.890. The molecule has 0 aliphatic carbocycles. The summed E-state index contributed by atoms with van der Waals surface area (Å²) in [4.78, 5) is 12.1. The van der Waals surface area contributed by atoms with Gasteiger partial charge in [-0.1, -0.05) is 12.1 Å². The molecule has 0 spiro atoms. The van der Waals surface area contributed by atoms with Crippen LogP contribution in [0.15, 0.2) is 18.2 Å². The van der Waals surface area contributed by atoms with Crippen LogP contribution < -0.4 is 15.4 Å². The van der Waals surface area contributed by atoms with E-state index in [2.05, 4.69) is 10.6 Å². The highest BCUT2D eigenvalue weighted by molar-refractivity contribution is 5.81. The maximum Gasteiger partial charge on any atom is 0.250 e. The van der Waals surface area contributed by atoms with Gasteiger partial charge in [-0.15, -0.1) is 0 Å². The third-order valence-corrected chi connectivity index (χ3v) is 3.31. The Balaban J connectivity index is 2.01. The number of carbonyl (C=O) groups excluding carboxylic acids is 1. The van der Waals surface area contributed by atoms with Crippen molar-refractivity contribution in [1.82, 2.24) is 10.6 Å². The van der Waals surface area contributed by atoms with E-state index in [0.29, 0.717) is 19.7 Å². The number of amides is 1. The lowest BCUT2D eigenvalue weighted by Gasteiger charge is -2.25. The molecule has 122 valence electrons. The van der Waals surface area contributed by atoms with E-state index < -0.39 is 6.10 Å². The van der Waals surface area contributed by atoms with Gasteiger partial charge >= 0.3 is 0 Å². The van der Waals surface area contributed by atoms with Gasteiger partial charge in [0, 0.05) is 25.2 Å². The molecule has 0 saturated carbocycles. The Bertz CT molecular complexity index is 517. The molecule has 0 aromatic heterocycles. The van der Waals surface area contributed by atoms with Crippen molar-refractivity contribution in [2.75, 3.05) is 19.7 Å². The van der Waals surface area contributed by atoms with Crippen LogP contribution >= 0.6 is 0 Å². The third kappa shape index (κ3) is 5.00. The number of carbonyl (C=O) groups is 1. The van der Waals surface area contributed by atoms with Crippen LogP contribution in [0.5, 0.6) is 5.75 Å². The minimum Gasteiger partial charge on any atom is -0.488 e. The van der Waals surface area contributed by atoms with Crippen molar-refractivity contribution in [3.63, 3.8) is 0 Å². The monoisotopic (exact) mass is 306 g/mol. The zero-order valence-electron chi connectivity index (χ0n) is 13.9. The van der Waals surface area contributed by atoms with Gasteiger partial charge in [-0.3, -0.25) is 4.79 Å². The molecule has 1 aromatic carbocycles. The normalized spacial score (nSPS) is 18.8. The Morgan fingerprint density at radius 1 is 1.45 bits per heavy atom. The van der Waals surface area contributed by atoms with Crippen LogP contribution in [0, 0.1) is 6.92 Å². The van der Waals surface area contributed by atoms with Crippen molar-refractivity contribution in [2.24, 2.45) is 0 Å². The standard InChI is InChI=1S/C17H26N2O3/c1-12-5-6-13(14(9-12)22-17(2,3)4)10-19-16(20)15-11-18-7-8-21-15/h5-6,9,15,18H,7-8,10-11H2,1-4H3,(H,19,20). The van der Waals surface area contributed by atoms with Gasteiger partial charge in [-0.2, -0.15) is 0 Å². The first kappa shape index (κ1) is 16.8. The summed E-state index contributed by atoms with van der Waals surface area (Å²) >= 11 is 0. The van der Waals surface area contributed by atoms with E-state index in [1.807, 2.05) is 45.9 Å². The van der Waals surface area contributed by atoms with E-state index in [-0.39, 0.29) is 11.5 Å². The zero-order chi connectivity index (χ0) is 16.2. The molecule has 1 heterocycles. The van der Waals surface area contributed by atoms with Gasteiger partial charge < -0.3 is 20.1 Å². The molecule has 1 unspecified atom stereocenters. The number of hydrogen-bond donors (Lipinski definition) is 2. The largest absolute Gasteiger partial charge is 0.488 e. The molecule has 1 fully saturated rings. The van der Waals surface area contributed by atoms with Gasteiger partial charge in [0.15, 0.2) is 0 Å². The lowest BCUT2D eigenvalue weighted by molar-refractivity contribution is -0.134. The van der Waals surface area contributed by atoms with Crippen molar-refractivity contribution in [3.8, 4) is 5.75 Å². The summed E-state index contributed by atoms with van der Waals surface area (Å²) in [6.45, 7) is 10.4. The minimum atomic E-state index is -0.411. The second kappa shape index (κ2) is 7.11. The number of aryl methyl sites for hydroxylation is 1. The summed E-state index contributed by atoms with van der Waals surface area (Å²) in [6, 6.07) is 6.03. The molecular weight excluding hydrogens is 280 g/mol. The molecule has 1 atom stereocenters. The number of benzene rings is 1. The number of hydrogen-bond acceptors (Lipinski definition) is 4. The van der Waals surface area contributed by atoms with Gasteiger partial charge in [0.25, 0.3) is 5.91 Å². The molecular formula is C17H26N2O3. The van der Waals surface area contributed by atoms with E-state index in [0.717, 1.165) is 23.4 Å². The molecule has 1 saturated heterocycles. The lowest BCUT2D eigenvalue weighted by atomic mass is 10.1. The van der Waals surface area contributed by atoms with Crippen LogP contribution in [0.25, 0.3) is 0 Å². The summed E-state index contributed by atoms with van der Waals surface area (Å²) < 4.78 is 11.4. The number of rotatable bonds is 4. The molecule has 1 aliphatic heterocycles. The SMILES string of the molecule is Cc1ccc(CNC(=O)C2CNCCO2)c(OC(C)(C)C)c1. The van der Waals surface area contributed by atoms with Gasteiger partial charge in [0.1, 0.15) is 17.5 Å². The van der Waals surface area contributed by atoms with E-state index >= 15 is 0 Å². The Hall–Kier alpha value is -1.59. The van der Waals surface area contributed by atoms with Crippen LogP contribution in [-0.4, -0.2) is 37.3 Å². The van der Waals surface area contributed by atoms with Crippen molar-refractivity contribution < 1.29 is 14.3 Å². The molecule has 1 aromatic rings. The first-order chi connectivity index (χ1) is 10.3. The van der Waals surface area contributed by atoms with Crippen LogP contribution in [0.4, 0.5) is 0 Å². The van der Waals surface area contributed by atoms with Gasteiger partial charge in [-0.25, -0.2) is 0 Å². The summed E-state index contributed by atoms with van der Waals surface area (Å²) in [6.07, 6.45) is -0.411. The zero-order valence-corrected chi connectivity index (χ0v) is 13.9. The first-order valence-corrected chi connectivity index (χ1v) is 7.74. The summed E-state index contributed by atoms with van der Waals surface area (Å²) in [5, 5.41) is 6.08. The first-order valence-electron chi connectivity index (χ1n) is 7.74. The van der Waals surface area contributed by atoms with Crippen LogP contribution in [0.2, 0.25) is 0 Å². The molecule has 2 N–H and O–H groups in total. The predicted molar refractivity (Wildman–Crippen MR) is 86.0 cm³/mol. The fourth-order valence-electron chi connectivity index (χ4n) is 2.26. The number of morpholine rings is 1. The van der Waals surface area contributed by atoms with Crippen LogP contribution in [-0.2, 0) is 16.1 Å². The smallest absolute Gasteiger partial charge is 0.250 e. The van der Waals surface area contributed by atoms with Crippen molar-refractivity contribution in [3.05, 3.63) is 29.3 Å². The van der Waals surface area contributed by atoms with Gasteiger partial charge in [-0.05, 0) is 39.3 Å². The average Bonchev–Trinajstić information content (AvgIpc) is 2.45. The fourth-order valence-corrected chi connectivity index (χ4v) is 2.26. The second-order valence-electron chi connectivity index (χ2n) is 6.61. The minimum absolute atomic E-state index is 0.0884. The highest BCUT2D eigenvalue weighted by Crippen LogP contribution is 2.24. The highest BCUT2D eigenvalue weighted by Gasteiger charge is 2.22. The number of nitrogens with one attached hydrogen (secondary N) is 2. The maximum absolute atomic E-state index is 12.1. The third-order valence-electron chi connectivity index (χ3n) is 3.31. The molecule has 1 aliphatic rings. The molecule has 1 amide bonds. The molecule has 0 bridgehead atoms. The topological polar surface area (TPSA) is 59.6 Å². The van der Waals surface area contributed by atoms with Crippen molar-refractivity contribution in [2.45, 2.75) is 45.9 Å². The molecule has 22 heavy (non-hydrogen) atoms. The highest BCUT2D eigenvalue weighted by atomic mass is 16.5. The van der Waals surface area contributed by atoms with E-state index in [4.69, 9.17) is 9.47 Å². The van der Waals surface area contributed by atoms with Crippen LogP contribution in [0.1, 0.15) is 31.9 Å². The van der Waals surface area contributed by atoms with Crippen LogP contribution in [0.3, 0.4) is 0 Å². The fraction of sp³-hybridized carbons (Fsp3) is 0.588. The molecule has 0 radical (unpaired) electrons. The van der Waals surface area contributed by atoms with Crippen molar-refractivity contribution in [1.29, 1.82) is 0 Å². The van der Waals surface area contributed by atoms with Gasteiger partial charge in [0.2, 0.25) is 0 Å². The van der Waals surface area contributed by atoms with Gasteiger partial charge in [0.05, 0.1) is 6.61 Å². The second-order valence-corrected chi connectivity index (χ2v) is 6.61. The molecule has 5 heteroatoms. The Labute approximate surface area is 132 Å². The van der Waals surface area contributed by atoms with E-state index in [1.165, 1.54) is 0 Å². The van der Waals surface area contributed by atoms with Crippen molar-refractivity contribution >= 4 is 5.91 Å². The molecule has 2 rings (SSSR count). The average molecular weight is 306 g/mol. The van der Waals surface area contributed by atoms with E-state index in [1.54, 1.807) is 0 Å². The summed E-state index contributed by atoms with van der Waals surface area (Å²) in [7, 11) is 0. The predicted octanol–water partition coefficient (Wildman–Crippen LogP) is 1.78. The van der Waals surface area contributed by atoms with E-state index in [9.17, 15) is 4.79 Å². The summed E-state index contributed by atoms with van der Waals surface area (Å²) in [5.41, 5.74) is 1.83. The maximum atomic E-state index is 12.1. The summed E-state index contributed by atoms with van der Waals surface area (Å²) in [5.74, 6) is 0.727. The number of ether oxygens (including phenoxy) is 2.